The number of nitrogen functional groups attached to an aromatic ring is 1. The minimum atomic E-state index is -0.535. The Morgan fingerprint density at radius 3 is 2.62 bits per heavy atom. The number of carbonyl (C=O) groups excluding carboxylic acids is 1. The van der Waals surface area contributed by atoms with Crippen molar-refractivity contribution in [2.24, 2.45) is 5.92 Å². The van der Waals surface area contributed by atoms with Crippen molar-refractivity contribution in [1.29, 1.82) is 0 Å². The number of hydrogen-bond donors (Lipinski definition) is 2. The van der Waals surface area contributed by atoms with Crippen LogP contribution >= 0.6 is 0 Å². The lowest BCUT2D eigenvalue weighted by atomic mass is 10.00. The van der Waals surface area contributed by atoms with Crippen LogP contribution in [-0.4, -0.2) is 18.6 Å². The van der Waals surface area contributed by atoms with E-state index in [4.69, 9.17) is 10.5 Å². The van der Waals surface area contributed by atoms with Gasteiger partial charge >= 0.3 is 5.97 Å². The molecule has 2 unspecified atom stereocenters. The average Bonchev–Trinajstić information content (AvgIpc) is 2.41. The number of rotatable bonds is 7. The van der Waals surface area contributed by atoms with Crippen LogP contribution < -0.4 is 11.1 Å². The molecule has 21 heavy (non-hydrogen) atoms. The van der Waals surface area contributed by atoms with E-state index >= 15 is 0 Å². The highest BCUT2D eigenvalue weighted by Gasteiger charge is 2.17. The largest absolute Gasteiger partial charge is 0.462 e. The Hall–Kier alpha value is -1.78. The number of anilines is 2. The number of ether oxygens (including phenoxy) is 1. The molecule has 1 aromatic carbocycles. The van der Waals surface area contributed by atoms with E-state index in [0.717, 1.165) is 18.9 Å². The number of esters is 1. The molecule has 0 heterocycles. The van der Waals surface area contributed by atoms with E-state index in [9.17, 15) is 9.18 Å². The zero-order valence-electron chi connectivity index (χ0n) is 13.2. The molecule has 3 N–H and O–H groups in total. The molecule has 4 nitrogen and oxygen atoms in total. The third kappa shape index (κ3) is 4.92. The predicted octanol–water partition coefficient (Wildman–Crippen LogP) is 3.82. The Bertz CT molecular complexity index is 491. The molecule has 0 bridgehead atoms. The van der Waals surface area contributed by atoms with Gasteiger partial charge in [-0.25, -0.2) is 9.18 Å². The first-order valence-corrected chi connectivity index (χ1v) is 7.41. The van der Waals surface area contributed by atoms with Gasteiger partial charge in [0.25, 0.3) is 0 Å². The van der Waals surface area contributed by atoms with Crippen molar-refractivity contribution >= 4 is 17.3 Å². The molecule has 0 aliphatic rings. The third-order valence-corrected chi connectivity index (χ3v) is 3.49. The Balaban J connectivity index is 2.92. The first-order chi connectivity index (χ1) is 9.88. The van der Waals surface area contributed by atoms with Crippen LogP contribution in [0, 0.1) is 11.7 Å². The van der Waals surface area contributed by atoms with Crippen molar-refractivity contribution in [3.8, 4) is 0 Å². The summed E-state index contributed by atoms with van der Waals surface area (Å²) in [5.74, 6) is -0.446. The molecule has 118 valence electrons. The van der Waals surface area contributed by atoms with Gasteiger partial charge in [0, 0.05) is 11.7 Å². The van der Waals surface area contributed by atoms with Gasteiger partial charge in [0.15, 0.2) is 0 Å². The molecular weight excluding hydrogens is 271 g/mol. The summed E-state index contributed by atoms with van der Waals surface area (Å²) in [5, 5.41) is 3.10. The molecule has 2 atom stereocenters. The summed E-state index contributed by atoms with van der Waals surface area (Å²) >= 11 is 0. The molecule has 0 fully saturated rings. The zero-order valence-corrected chi connectivity index (χ0v) is 13.2. The van der Waals surface area contributed by atoms with Gasteiger partial charge in [-0.15, -0.1) is 0 Å². The van der Waals surface area contributed by atoms with Gasteiger partial charge < -0.3 is 15.8 Å². The Kier molecular flexibility index (Phi) is 6.46. The molecular formula is C16H25FN2O2. The molecule has 1 aromatic rings. The number of halogens is 1. The van der Waals surface area contributed by atoms with Crippen LogP contribution in [0.5, 0.6) is 0 Å². The molecule has 0 saturated heterocycles. The van der Waals surface area contributed by atoms with E-state index in [1.807, 2.05) is 6.92 Å². The molecule has 0 aliphatic carbocycles. The van der Waals surface area contributed by atoms with E-state index in [1.54, 1.807) is 6.92 Å². The third-order valence-electron chi connectivity index (χ3n) is 3.49. The van der Waals surface area contributed by atoms with Gasteiger partial charge in [-0.05, 0) is 38.3 Å². The van der Waals surface area contributed by atoms with E-state index < -0.39 is 11.8 Å². The monoisotopic (exact) mass is 296 g/mol. The summed E-state index contributed by atoms with van der Waals surface area (Å²) in [5.41, 5.74) is 6.25. The normalized spacial score (nSPS) is 13.6. The second-order valence-electron chi connectivity index (χ2n) is 5.43. The number of nitrogens with two attached hydrogens (primary N) is 1. The van der Waals surface area contributed by atoms with Gasteiger partial charge in [0.2, 0.25) is 0 Å². The fourth-order valence-corrected chi connectivity index (χ4v) is 2.18. The lowest BCUT2D eigenvalue weighted by Gasteiger charge is -2.20. The second kappa shape index (κ2) is 7.86. The number of hydrogen-bond acceptors (Lipinski definition) is 4. The Morgan fingerprint density at radius 1 is 1.38 bits per heavy atom. The van der Waals surface area contributed by atoms with E-state index in [2.05, 4.69) is 19.2 Å². The standard InChI is InChI=1S/C16H25FN2O2/c1-5-10(3)7-11(4)19-15-8-12(16(20)21-6-2)14(18)9-13(15)17/h8-11,19H,5-7,18H2,1-4H3. The van der Waals surface area contributed by atoms with Gasteiger partial charge in [0.05, 0.1) is 17.9 Å². The summed E-state index contributed by atoms with van der Waals surface area (Å²) in [6.45, 7) is 8.24. The summed E-state index contributed by atoms with van der Waals surface area (Å²) in [7, 11) is 0. The van der Waals surface area contributed by atoms with Crippen molar-refractivity contribution < 1.29 is 13.9 Å². The van der Waals surface area contributed by atoms with Gasteiger partial charge in [-0.1, -0.05) is 20.3 Å². The lowest BCUT2D eigenvalue weighted by molar-refractivity contribution is 0.0527. The predicted molar refractivity (Wildman–Crippen MR) is 83.9 cm³/mol. The van der Waals surface area contributed by atoms with Gasteiger partial charge in [0.1, 0.15) is 5.82 Å². The van der Waals surface area contributed by atoms with Gasteiger partial charge in [-0.2, -0.15) is 0 Å². The van der Waals surface area contributed by atoms with E-state index in [-0.39, 0.29) is 29.6 Å². The van der Waals surface area contributed by atoms with E-state index in [1.165, 1.54) is 6.07 Å². The maximum absolute atomic E-state index is 14.0. The van der Waals surface area contributed by atoms with Crippen LogP contribution in [0.2, 0.25) is 0 Å². The number of carbonyl (C=O) groups is 1. The second-order valence-corrected chi connectivity index (χ2v) is 5.43. The average molecular weight is 296 g/mol. The quantitative estimate of drug-likeness (QED) is 0.593. The van der Waals surface area contributed by atoms with E-state index in [0.29, 0.717) is 5.92 Å². The fraction of sp³-hybridized carbons (Fsp3) is 0.562. The minimum absolute atomic E-state index is 0.0890. The Labute approximate surface area is 125 Å². The van der Waals surface area contributed by atoms with Crippen LogP contribution in [0.25, 0.3) is 0 Å². The molecule has 1 rings (SSSR count). The topological polar surface area (TPSA) is 64.3 Å². The molecule has 0 spiro atoms. The maximum atomic E-state index is 14.0. The number of nitrogens with one attached hydrogen (secondary N) is 1. The molecule has 0 saturated carbocycles. The Morgan fingerprint density at radius 2 is 2.05 bits per heavy atom. The van der Waals surface area contributed by atoms with Crippen LogP contribution in [0.3, 0.4) is 0 Å². The van der Waals surface area contributed by atoms with Crippen LogP contribution in [0.4, 0.5) is 15.8 Å². The van der Waals surface area contributed by atoms with Crippen molar-refractivity contribution in [2.75, 3.05) is 17.7 Å². The summed E-state index contributed by atoms with van der Waals surface area (Å²) in [6, 6.07) is 2.69. The molecule has 0 radical (unpaired) electrons. The smallest absolute Gasteiger partial charge is 0.340 e. The lowest BCUT2D eigenvalue weighted by Crippen LogP contribution is -2.20. The molecule has 5 heteroatoms. The highest BCUT2D eigenvalue weighted by atomic mass is 19.1. The van der Waals surface area contributed by atoms with Crippen molar-refractivity contribution in [2.45, 2.75) is 46.6 Å². The first kappa shape index (κ1) is 17.3. The number of benzene rings is 1. The SMILES string of the molecule is CCOC(=O)c1cc(NC(C)CC(C)CC)c(F)cc1N. The van der Waals surface area contributed by atoms with Crippen molar-refractivity contribution in [3.05, 3.63) is 23.5 Å². The maximum Gasteiger partial charge on any atom is 0.340 e. The molecule has 0 aliphatic heterocycles. The highest BCUT2D eigenvalue weighted by Crippen LogP contribution is 2.24. The fourth-order valence-electron chi connectivity index (χ4n) is 2.18. The molecule has 0 amide bonds. The van der Waals surface area contributed by atoms with Crippen LogP contribution in [0.15, 0.2) is 12.1 Å². The summed E-state index contributed by atoms with van der Waals surface area (Å²) in [4.78, 5) is 11.8. The van der Waals surface area contributed by atoms with Crippen molar-refractivity contribution in [1.82, 2.24) is 0 Å². The van der Waals surface area contributed by atoms with Crippen molar-refractivity contribution in [3.63, 3.8) is 0 Å². The minimum Gasteiger partial charge on any atom is -0.462 e. The van der Waals surface area contributed by atoms with Crippen LogP contribution in [-0.2, 0) is 4.74 Å². The van der Waals surface area contributed by atoms with Gasteiger partial charge in [-0.3, -0.25) is 0 Å². The summed E-state index contributed by atoms with van der Waals surface area (Å²) in [6.07, 6.45) is 2.00. The highest BCUT2D eigenvalue weighted by molar-refractivity contribution is 5.96. The van der Waals surface area contributed by atoms with Crippen LogP contribution in [0.1, 0.15) is 50.9 Å². The molecule has 0 aromatic heterocycles. The summed E-state index contributed by atoms with van der Waals surface area (Å²) < 4.78 is 18.9. The first-order valence-electron chi connectivity index (χ1n) is 7.41. The zero-order chi connectivity index (χ0) is 16.0.